The van der Waals surface area contributed by atoms with Gasteiger partial charge in [-0.1, -0.05) is 25.1 Å². The van der Waals surface area contributed by atoms with Crippen LogP contribution in [0, 0.1) is 5.41 Å². The minimum atomic E-state index is -0.588. The predicted molar refractivity (Wildman–Crippen MR) is 82.1 cm³/mol. The molecule has 116 valence electrons. The first-order chi connectivity index (χ1) is 10.0. The summed E-state index contributed by atoms with van der Waals surface area (Å²) >= 11 is 0. The van der Waals surface area contributed by atoms with Gasteiger partial charge in [-0.15, -0.1) is 0 Å². The highest BCUT2D eigenvalue weighted by Gasteiger charge is 2.37. The maximum atomic E-state index is 12.6. The number of likely N-dealkylation sites (N-methyl/N-ethyl adjacent to an activating group) is 1. The van der Waals surface area contributed by atoms with Gasteiger partial charge in [-0.05, 0) is 25.6 Å². The van der Waals surface area contributed by atoms with Gasteiger partial charge in [-0.2, -0.15) is 0 Å². The molecule has 1 heterocycles. The van der Waals surface area contributed by atoms with Gasteiger partial charge in [0.25, 0.3) is 0 Å². The summed E-state index contributed by atoms with van der Waals surface area (Å²) in [5.74, 6) is 0.0851. The van der Waals surface area contributed by atoms with E-state index in [9.17, 15) is 15.0 Å². The lowest BCUT2D eigenvalue weighted by Gasteiger charge is -2.33. The van der Waals surface area contributed by atoms with Gasteiger partial charge >= 0.3 is 0 Å². The molecule has 1 aromatic carbocycles. The molecule has 0 aromatic heterocycles. The molecule has 21 heavy (non-hydrogen) atoms. The van der Waals surface area contributed by atoms with E-state index < -0.39 is 5.41 Å². The van der Waals surface area contributed by atoms with Gasteiger partial charge in [-0.3, -0.25) is 9.69 Å². The number of hydrogen-bond acceptors (Lipinski definition) is 4. The van der Waals surface area contributed by atoms with E-state index in [1.54, 1.807) is 4.90 Å². The number of carbonyl (C=O) groups is 1. The fourth-order valence-electron chi connectivity index (χ4n) is 2.80. The van der Waals surface area contributed by atoms with Crippen molar-refractivity contribution < 1.29 is 15.0 Å². The lowest BCUT2D eigenvalue weighted by atomic mass is 9.92. The smallest absolute Gasteiger partial charge is 0.244 e. The number of amides is 1. The Morgan fingerprint density at radius 3 is 2.48 bits per heavy atom. The second kappa shape index (κ2) is 6.56. The normalized spacial score (nSPS) is 19.6. The van der Waals surface area contributed by atoms with E-state index in [4.69, 9.17) is 0 Å². The van der Waals surface area contributed by atoms with Crippen molar-refractivity contribution >= 4 is 11.6 Å². The Morgan fingerprint density at radius 1 is 1.29 bits per heavy atom. The first kappa shape index (κ1) is 15.9. The van der Waals surface area contributed by atoms with Crippen LogP contribution in [0.2, 0.25) is 0 Å². The standard InChI is InChI=1S/C16H24N2O3/c1-16(11-19,12-20)10-17(2)14-8-9-18(15(14)21)13-6-4-3-5-7-13/h3-7,14,19-20H,8-12H2,1-2H3. The number of anilines is 1. The summed E-state index contributed by atoms with van der Waals surface area (Å²) in [6, 6.07) is 9.46. The van der Waals surface area contributed by atoms with E-state index >= 15 is 0 Å². The molecule has 1 saturated heterocycles. The molecule has 1 atom stereocenters. The van der Waals surface area contributed by atoms with E-state index in [2.05, 4.69) is 0 Å². The number of nitrogens with zero attached hydrogens (tertiary/aromatic N) is 2. The SMILES string of the molecule is CN(CC(C)(CO)CO)C1CCN(c2ccccc2)C1=O. The Hall–Kier alpha value is -1.43. The van der Waals surface area contributed by atoms with Crippen LogP contribution in [-0.4, -0.2) is 60.4 Å². The van der Waals surface area contributed by atoms with Gasteiger partial charge in [0.15, 0.2) is 0 Å². The molecule has 0 aliphatic carbocycles. The van der Waals surface area contributed by atoms with Crippen LogP contribution in [0.4, 0.5) is 5.69 Å². The molecule has 1 amide bonds. The van der Waals surface area contributed by atoms with Gasteiger partial charge in [0.05, 0.1) is 19.3 Å². The Morgan fingerprint density at radius 2 is 1.90 bits per heavy atom. The highest BCUT2D eigenvalue weighted by atomic mass is 16.3. The highest BCUT2D eigenvalue weighted by molar-refractivity contribution is 5.99. The number of para-hydroxylation sites is 1. The van der Waals surface area contributed by atoms with Crippen molar-refractivity contribution in [1.82, 2.24) is 4.90 Å². The largest absolute Gasteiger partial charge is 0.396 e. The summed E-state index contributed by atoms with van der Waals surface area (Å²) in [6.45, 7) is 2.80. The second-order valence-corrected chi connectivity index (χ2v) is 6.17. The lowest BCUT2D eigenvalue weighted by molar-refractivity contribution is -0.122. The van der Waals surface area contributed by atoms with Crippen LogP contribution in [0.1, 0.15) is 13.3 Å². The molecule has 0 saturated carbocycles. The number of aliphatic hydroxyl groups is 2. The Bertz CT molecular complexity index is 474. The zero-order chi connectivity index (χ0) is 15.5. The molecule has 1 aromatic rings. The summed E-state index contributed by atoms with van der Waals surface area (Å²) in [5, 5.41) is 18.8. The molecule has 0 bridgehead atoms. The van der Waals surface area contributed by atoms with Crippen molar-refractivity contribution in [2.24, 2.45) is 5.41 Å². The quantitative estimate of drug-likeness (QED) is 0.811. The molecular formula is C16H24N2O3. The predicted octanol–water partition coefficient (Wildman–Crippen LogP) is 0.715. The van der Waals surface area contributed by atoms with Crippen LogP contribution >= 0.6 is 0 Å². The number of hydrogen-bond donors (Lipinski definition) is 2. The van der Waals surface area contributed by atoms with E-state index in [-0.39, 0.29) is 25.2 Å². The molecule has 0 radical (unpaired) electrons. The zero-order valence-electron chi connectivity index (χ0n) is 12.7. The molecular weight excluding hydrogens is 268 g/mol. The van der Waals surface area contributed by atoms with Crippen molar-refractivity contribution in [3.8, 4) is 0 Å². The minimum absolute atomic E-state index is 0.0851. The van der Waals surface area contributed by atoms with E-state index in [1.165, 1.54) is 0 Å². The fraction of sp³-hybridized carbons (Fsp3) is 0.562. The molecule has 1 unspecified atom stereocenters. The molecule has 1 aliphatic heterocycles. The van der Waals surface area contributed by atoms with Gasteiger partial charge in [0, 0.05) is 24.2 Å². The van der Waals surface area contributed by atoms with Gasteiger partial charge in [0.2, 0.25) is 5.91 Å². The van der Waals surface area contributed by atoms with Crippen molar-refractivity contribution in [3.05, 3.63) is 30.3 Å². The molecule has 0 spiro atoms. The topological polar surface area (TPSA) is 64.0 Å². The van der Waals surface area contributed by atoms with Crippen molar-refractivity contribution in [1.29, 1.82) is 0 Å². The summed E-state index contributed by atoms with van der Waals surface area (Å²) in [6.07, 6.45) is 0.761. The summed E-state index contributed by atoms with van der Waals surface area (Å²) in [7, 11) is 1.88. The Labute approximate surface area is 125 Å². The average molecular weight is 292 g/mol. The third-order valence-electron chi connectivity index (χ3n) is 4.17. The minimum Gasteiger partial charge on any atom is -0.396 e. The summed E-state index contributed by atoms with van der Waals surface area (Å²) < 4.78 is 0. The first-order valence-electron chi connectivity index (χ1n) is 7.29. The van der Waals surface area contributed by atoms with Crippen LogP contribution in [0.5, 0.6) is 0 Å². The van der Waals surface area contributed by atoms with Gasteiger partial charge in [-0.25, -0.2) is 0 Å². The number of benzene rings is 1. The number of aliphatic hydroxyl groups excluding tert-OH is 2. The maximum Gasteiger partial charge on any atom is 0.244 e. The van der Waals surface area contributed by atoms with Crippen molar-refractivity contribution in [2.75, 3.05) is 38.3 Å². The molecule has 2 rings (SSSR count). The molecule has 5 nitrogen and oxygen atoms in total. The molecule has 5 heteroatoms. The third kappa shape index (κ3) is 3.43. The highest BCUT2D eigenvalue weighted by Crippen LogP contribution is 2.25. The maximum absolute atomic E-state index is 12.6. The fourth-order valence-corrected chi connectivity index (χ4v) is 2.80. The average Bonchev–Trinajstić information content (AvgIpc) is 2.89. The van der Waals surface area contributed by atoms with E-state index in [0.29, 0.717) is 13.1 Å². The van der Waals surface area contributed by atoms with Crippen LogP contribution in [0.25, 0.3) is 0 Å². The Balaban J connectivity index is 2.05. The molecule has 1 aliphatic rings. The summed E-state index contributed by atoms with van der Waals surface area (Å²) in [5.41, 5.74) is 0.334. The molecule has 2 N–H and O–H groups in total. The van der Waals surface area contributed by atoms with E-state index in [0.717, 1.165) is 12.1 Å². The molecule has 1 fully saturated rings. The van der Waals surface area contributed by atoms with E-state index in [1.807, 2.05) is 49.2 Å². The van der Waals surface area contributed by atoms with Crippen LogP contribution < -0.4 is 4.90 Å². The monoisotopic (exact) mass is 292 g/mol. The van der Waals surface area contributed by atoms with Crippen LogP contribution in [0.3, 0.4) is 0 Å². The van der Waals surface area contributed by atoms with Crippen molar-refractivity contribution in [3.63, 3.8) is 0 Å². The third-order valence-corrected chi connectivity index (χ3v) is 4.17. The van der Waals surface area contributed by atoms with Crippen molar-refractivity contribution in [2.45, 2.75) is 19.4 Å². The first-order valence-corrected chi connectivity index (χ1v) is 7.29. The van der Waals surface area contributed by atoms with Gasteiger partial charge < -0.3 is 15.1 Å². The van der Waals surface area contributed by atoms with Crippen LogP contribution in [0.15, 0.2) is 30.3 Å². The number of carbonyl (C=O) groups excluding carboxylic acids is 1. The van der Waals surface area contributed by atoms with Crippen LogP contribution in [-0.2, 0) is 4.79 Å². The zero-order valence-corrected chi connectivity index (χ0v) is 12.7. The number of rotatable bonds is 6. The van der Waals surface area contributed by atoms with Gasteiger partial charge in [0.1, 0.15) is 0 Å². The second-order valence-electron chi connectivity index (χ2n) is 6.17. The Kier molecular flexibility index (Phi) is 4.98. The summed E-state index contributed by atoms with van der Waals surface area (Å²) in [4.78, 5) is 16.3. The lowest BCUT2D eigenvalue weighted by Crippen LogP contribution is -2.46.